The van der Waals surface area contributed by atoms with Crippen LogP contribution >= 0.6 is 11.6 Å². The van der Waals surface area contributed by atoms with Crippen LogP contribution < -0.4 is 21.5 Å². The highest BCUT2D eigenvalue weighted by atomic mass is 35.5. The van der Waals surface area contributed by atoms with Gasteiger partial charge in [0, 0.05) is 54.8 Å². The lowest BCUT2D eigenvalue weighted by Crippen LogP contribution is -2.24. The predicted octanol–water partition coefficient (Wildman–Crippen LogP) is 4.90. The maximum atomic E-state index is 14.0. The zero-order valence-corrected chi connectivity index (χ0v) is 28.0. The molecule has 2 atom stereocenters. The molecule has 1 aliphatic rings. The van der Waals surface area contributed by atoms with Gasteiger partial charge >= 0.3 is 0 Å². The number of methoxy groups -OCH3 is 1. The molecule has 3 aromatic heterocycles. The largest absolute Gasteiger partial charge is 0.475 e. The first-order valence-corrected chi connectivity index (χ1v) is 16.3. The van der Waals surface area contributed by atoms with Gasteiger partial charge in [0.1, 0.15) is 18.3 Å². The zero-order valence-electron chi connectivity index (χ0n) is 27.3. The number of aromatic nitrogens is 3. The van der Waals surface area contributed by atoms with Crippen LogP contribution in [-0.2, 0) is 18.9 Å². The van der Waals surface area contributed by atoms with Crippen molar-refractivity contribution < 1.29 is 28.1 Å². The van der Waals surface area contributed by atoms with Gasteiger partial charge in [0.2, 0.25) is 5.88 Å². The summed E-state index contributed by atoms with van der Waals surface area (Å²) in [6, 6.07) is 8.17. The second-order valence-corrected chi connectivity index (χ2v) is 11.9. The molecule has 14 heteroatoms. The Morgan fingerprint density at radius 1 is 1.02 bits per heavy atom. The number of fused-ring (bicyclic) bond motifs is 1. The third-order valence-corrected chi connectivity index (χ3v) is 8.25. The van der Waals surface area contributed by atoms with Gasteiger partial charge in [-0.3, -0.25) is 0 Å². The molecule has 1 fully saturated rings. The summed E-state index contributed by atoms with van der Waals surface area (Å²) in [5.41, 5.74) is 17.9. The number of halogens is 2. The van der Waals surface area contributed by atoms with Crippen molar-refractivity contribution in [2.24, 2.45) is 16.5 Å². The number of hydrogen-bond acceptors (Lipinski definition) is 10. The summed E-state index contributed by atoms with van der Waals surface area (Å²) in [7, 11) is 1.64. The Hall–Kier alpha value is -3.85. The van der Waals surface area contributed by atoms with Crippen LogP contribution in [0.15, 0.2) is 53.9 Å². The van der Waals surface area contributed by atoms with Crippen molar-refractivity contribution in [2.75, 3.05) is 65.3 Å². The molecule has 1 saturated carbocycles. The van der Waals surface area contributed by atoms with E-state index in [1.165, 1.54) is 18.2 Å². The molecule has 48 heavy (non-hydrogen) atoms. The summed E-state index contributed by atoms with van der Waals surface area (Å²) in [6.07, 6.45) is 8.04. The molecule has 0 spiro atoms. The molecule has 12 nitrogen and oxygen atoms in total. The fourth-order valence-corrected chi connectivity index (χ4v) is 5.62. The molecular weight excluding hydrogens is 641 g/mol. The maximum Gasteiger partial charge on any atom is 0.213 e. The lowest BCUT2D eigenvalue weighted by Gasteiger charge is -2.18. The van der Waals surface area contributed by atoms with Crippen LogP contribution in [0.2, 0.25) is 5.02 Å². The minimum absolute atomic E-state index is 0.125. The normalized spacial score (nSPS) is 16.6. The number of nitrogens with zero attached hydrogens (tertiary/aromatic N) is 4. The Morgan fingerprint density at radius 2 is 1.75 bits per heavy atom. The fraction of sp³-hybridized carbons (Fsp3) is 0.441. The molecule has 5 rings (SSSR count). The number of hydrogen-bond donors (Lipinski definition) is 3. The third-order valence-electron chi connectivity index (χ3n) is 7.93. The number of pyridine rings is 1. The van der Waals surface area contributed by atoms with Gasteiger partial charge < -0.3 is 40.5 Å². The van der Waals surface area contributed by atoms with Crippen molar-refractivity contribution in [3.8, 4) is 17.0 Å². The van der Waals surface area contributed by atoms with E-state index in [1.807, 2.05) is 25.3 Å². The molecule has 0 bridgehead atoms. The van der Waals surface area contributed by atoms with Gasteiger partial charge in [0.05, 0.1) is 79.9 Å². The van der Waals surface area contributed by atoms with Gasteiger partial charge in [-0.25, -0.2) is 18.9 Å². The van der Waals surface area contributed by atoms with Crippen molar-refractivity contribution in [3.63, 3.8) is 0 Å². The molecule has 4 aromatic rings. The van der Waals surface area contributed by atoms with E-state index < -0.39 is 5.82 Å². The first-order chi connectivity index (χ1) is 23.3. The highest BCUT2D eigenvalue weighted by Gasteiger charge is 2.25. The minimum Gasteiger partial charge on any atom is -0.475 e. The van der Waals surface area contributed by atoms with Gasteiger partial charge in [-0.05, 0) is 49.9 Å². The molecule has 1 aromatic carbocycles. The number of aliphatic imine (C=N–C) groups is 1. The minimum atomic E-state index is -0.458. The Bertz CT molecular complexity index is 1690. The van der Waals surface area contributed by atoms with Crippen LogP contribution in [-0.4, -0.2) is 92.5 Å². The molecule has 0 radical (unpaired) electrons. The molecule has 0 amide bonds. The lowest BCUT2D eigenvalue weighted by molar-refractivity contribution is 0.00000309. The van der Waals surface area contributed by atoms with E-state index >= 15 is 0 Å². The van der Waals surface area contributed by atoms with E-state index in [1.54, 1.807) is 24.0 Å². The number of nitrogens with two attached hydrogens (primary N) is 2. The Labute approximate surface area is 284 Å². The van der Waals surface area contributed by atoms with E-state index in [9.17, 15) is 4.39 Å². The van der Waals surface area contributed by atoms with Crippen molar-refractivity contribution in [1.29, 1.82) is 0 Å². The number of ether oxygens (including phenoxy) is 5. The molecule has 5 N–H and O–H groups in total. The highest BCUT2D eigenvalue weighted by molar-refractivity contribution is 6.33. The van der Waals surface area contributed by atoms with E-state index in [2.05, 4.69) is 20.4 Å². The van der Waals surface area contributed by atoms with Crippen molar-refractivity contribution in [3.05, 3.63) is 70.9 Å². The van der Waals surface area contributed by atoms with Gasteiger partial charge in [-0.15, -0.1) is 0 Å². The van der Waals surface area contributed by atoms with Gasteiger partial charge in [-0.1, -0.05) is 11.6 Å². The molecule has 1 aliphatic carbocycles. The van der Waals surface area contributed by atoms with Gasteiger partial charge in [0.15, 0.2) is 0 Å². The third kappa shape index (κ3) is 9.62. The van der Waals surface area contributed by atoms with E-state index in [-0.39, 0.29) is 23.6 Å². The van der Waals surface area contributed by atoms with Crippen molar-refractivity contribution in [1.82, 2.24) is 14.6 Å². The van der Waals surface area contributed by atoms with Crippen molar-refractivity contribution in [2.45, 2.75) is 38.3 Å². The molecule has 258 valence electrons. The second-order valence-electron chi connectivity index (χ2n) is 11.5. The highest BCUT2D eigenvalue weighted by Crippen LogP contribution is 2.34. The molecule has 3 heterocycles. The monoisotopic (exact) mass is 683 g/mol. The van der Waals surface area contributed by atoms with Crippen LogP contribution in [0.1, 0.15) is 30.4 Å². The smallest absolute Gasteiger partial charge is 0.213 e. The Morgan fingerprint density at radius 3 is 2.44 bits per heavy atom. The summed E-state index contributed by atoms with van der Waals surface area (Å²) in [5.74, 6) is 0.206. The topological polar surface area (TPSA) is 153 Å². The number of aryl methyl sites for hydroxylation is 1. The number of amidine groups is 1. The fourth-order valence-electron chi connectivity index (χ4n) is 5.46. The van der Waals surface area contributed by atoms with Crippen LogP contribution in [0.5, 0.6) is 5.88 Å². The SMILES string of the molecule is COCCOCCOCCOCCOc1cc(C)c(-c2cc3c(N[C@@H]4CC[C@H](N)C4)c(C(N)=Nc4cc(F)ccc4Cl)cnn3c2)cn1. The summed E-state index contributed by atoms with van der Waals surface area (Å²) in [5, 5.41) is 8.57. The number of rotatable bonds is 18. The lowest BCUT2D eigenvalue weighted by atomic mass is 10.1. The van der Waals surface area contributed by atoms with Gasteiger partial charge in [-0.2, -0.15) is 5.10 Å². The molecule has 0 saturated heterocycles. The van der Waals surface area contributed by atoms with Crippen molar-refractivity contribution >= 4 is 34.3 Å². The van der Waals surface area contributed by atoms with Crippen LogP contribution in [0.3, 0.4) is 0 Å². The quantitative estimate of drug-likeness (QED) is 0.0750. The first kappa shape index (κ1) is 35.5. The molecule has 0 aliphatic heterocycles. The van der Waals surface area contributed by atoms with Crippen LogP contribution in [0.4, 0.5) is 15.8 Å². The standard InChI is InChI=1S/C34H43ClFN7O5/c1-22-15-32(48-14-13-47-12-11-46-10-9-45-8-7-44-2)39-19-27(22)23-16-31-33(41-26-5-4-25(37)18-26)28(20-40-43(31)21-23)34(38)42-30-17-24(36)3-6-29(30)35/h3,6,15-17,19-21,25-26,41H,4-5,7-14,18,37H2,1-2H3,(H2,38,42)/t25-,26+/m0/s1. The average molecular weight is 684 g/mol. The van der Waals surface area contributed by atoms with Crippen LogP contribution in [0, 0.1) is 12.7 Å². The van der Waals surface area contributed by atoms with E-state index in [0.29, 0.717) is 69.3 Å². The molecular formula is C34H43ClFN7O5. The van der Waals surface area contributed by atoms with E-state index in [4.69, 9.17) is 46.8 Å². The van der Waals surface area contributed by atoms with Crippen LogP contribution in [0.25, 0.3) is 16.6 Å². The number of nitrogens with one attached hydrogen (secondary N) is 1. The summed E-state index contributed by atoms with van der Waals surface area (Å²) >= 11 is 6.28. The second kappa shape index (κ2) is 17.5. The maximum absolute atomic E-state index is 14.0. The Kier molecular flexibility index (Phi) is 12.9. The Balaban J connectivity index is 1.26. The number of anilines is 1. The summed E-state index contributed by atoms with van der Waals surface area (Å²) in [6.45, 7) is 5.88. The average Bonchev–Trinajstić information content (AvgIpc) is 3.69. The zero-order chi connectivity index (χ0) is 33.9. The van der Waals surface area contributed by atoms with E-state index in [0.717, 1.165) is 47.2 Å². The summed E-state index contributed by atoms with van der Waals surface area (Å²) < 4.78 is 42.9. The predicted molar refractivity (Wildman–Crippen MR) is 184 cm³/mol. The summed E-state index contributed by atoms with van der Waals surface area (Å²) in [4.78, 5) is 8.99. The van der Waals surface area contributed by atoms with Gasteiger partial charge in [0.25, 0.3) is 0 Å². The first-order valence-electron chi connectivity index (χ1n) is 16.0. The number of benzene rings is 1. The molecule has 0 unspecified atom stereocenters.